The molecule has 138 valence electrons. The van der Waals surface area contributed by atoms with Crippen LogP contribution in [0.1, 0.15) is 63.9 Å². The van der Waals surface area contributed by atoms with Crippen molar-refractivity contribution in [3.8, 4) is 11.8 Å². The Hall–Kier alpha value is -1.30. The van der Waals surface area contributed by atoms with E-state index in [1.807, 2.05) is 18.2 Å². The fourth-order valence-corrected chi connectivity index (χ4v) is 3.92. The summed E-state index contributed by atoms with van der Waals surface area (Å²) in [6, 6.07) is 10.2. The molecule has 0 amide bonds. The van der Waals surface area contributed by atoms with Crippen LogP contribution in [0.5, 0.6) is 0 Å². The van der Waals surface area contributed by atoms with Gasteiger partial charge in [-0.25, -0.2) is 0 Å². The van der Waals surface area contributed by atoms with Crippen LogP contribution in [-0.2, 0) is 5.60 Å². The Balaban J connectivity index is 2.08. The van der Waals surface area contributed by atoms with Crippen LogP contribution in [-0.4, -0.2) is 36.8 Å². The number of quaternary nitrogens is 1. The second-order valence-corrected chi connectivity index (χ2v) is 8.33. The molecule has 1 aromatic carbocycles. The molecule has 0 spiro atoms. The van der Waals surface area contributed by atoms with E-state index in [-0.39, 0.29) is 0 Å². The molecule has 2 nitrogen and oxygen atoms in total. The molecule has 0 bridgehead atoms. The molecule has 1 aromatic rings. The van der Waals surface area contributed by atoms with Gasteiger partial charge in [0.25, 0.3) is 0 Å². The van der Waals surface area contributed by atoms with E-state index in [1.54, 1.807) is 0 Å². The van der Waals surface area contributed by atoms with E-state index >= 15 is 0 Å². The maximum atomic E-state index is 11.6. The number of nitrogens with zero attached hydrogens (tertiary/aromatic N) is 1. The van der Waals surface area contributed by atoms with Gasteiger partial charge in [0, 0.05) is 6.42 Å². The molecule has 1 aliphatic rings. The highest BCUT2D eigenvalue weighted by Gasteiger charge is 2.38. The number of hydrogen-bond donors (Lipinski definition) is 1. The molecule has 1 aliphatic carbocycles. The molecule has 1 N–H and O–H groups in total. The monoisotopic (exact) mass is 342 g/mol. The SMILES string of the molecule is CCCC[N+](C)(C)CC#CC[C@@](O)(c1ccccc1)C1CCCCC1. The van der Waals surface area contributed by atoms with Crippen LogP contribution in [0.4, 0.5) is 0 Å². The van der Waals surface area contributed by atoms with Crippen molar-refractivity contribution in [2.45, 2.75) is 63.9 Å². The van der Waals surface area contributed by atoms with Crippen molar-refractivity contribution in [2.75, 3.05) is 27.2 Å². The lowest BCUT2D eigenvalue weighted by Gasteiger charge is -2.38. The summed E-state index contributed by atoms with van der Waals surface area (Å²) in [4.78, 5) is 0. The number of unbranched alkanes of at least 4 members (excludes halogenated alkanes) is 1. The standard InChI is InChI=1S/C23H36NO/c1-4-5-19-24(2,3)20-13-12-18-23(25,21-14-8-6-9-15-21)22-16-10-7-11-17-22/h6,8-9,14-15,22,25H,4-5,7,10-11,16-20H2,1-3H3/q+1/t23-/m1/s1. The van der Waals surface area contributed by atoms with E-state index in [0.717, 1.165) is 36.0 Å². The van der Waals surface area contributed by atoms with Crippen molar-refractivity contribution in [2.24, 2.45) is 5.92 Å². The maximum Gasteiger partial charge on any atom is 0.140 e. The van der Waals surface area contributed by atoms with Gasteiger partial charge < -0.3 is 9.59 Å². The van der Waals surface area contributed by atoms with Gasteiger partial charge in [-0.1, -0.05) is 68.9 Å². The Morgan fingerprint density at radius 1 is 1.08 bits per heavy atom. The molecule has 0 aromatic heterocycles. The summed E-state index contributed by atoms with van der Waals surface area (Å²) in [5, 5.41) is 11.6. The third-order valence-electron chi connectivity index (χ3n) is 5.66. The summed E-state index contributed by atoms with van der Waals surface area (Å²) in [6.07, 6.45) is 9.01. The zero-order valence-corrected chi connectivity index (χ0v) is 16.4. The lowest BCUT2D eigenvalue weighted by atomic mass is 9.72. The zero-order chi connectivity index (χ0) is 18.2. The Labute approximate surface area is 154 Å². The number of hydrogen-bond acceptors (Lipinski definition) is 1. The molecule has 0 heterocycles. The Bertz CT molecular complexity index is 563. The average Bonchev–Trinajstić information content (AvgIpc) is 2.65. The molecule has 1 saturated carbocycles. The first-order chi connectivity index (χ1) is 12.0. The summed E-state index contributed by atoms with van der Waals surface area (Å²) in [5.41, 5.74) is 0.242. The van der Waals surface area contributed by atoms with Gasteiger partial charge in [-0.15, -0.1) is 0 Å². The van der Waals surface area contributed by atoms with E-state index < -0.39 is 5.60 Å². The van der Waals surface area contributed by atoms with Gasteiger partial charge in [-0.2, -0.15) is 0 Å². The highest BCUT2D eigenvalue weighted by molar-refractivity contribution is 5.26. The van der Waals surface area contributed by atoms with Gasteiger partial charge in [0.05, 0.1) is 20.6 Å². The molecule has 1 fully saturated rings. The third kappa shape index (κ3) is 5.87. The van der Waals surface area contributed by atoms with Crippen LogP contribution in [0.3, 0.4) is 0 Å². The van der Waals surface area contributed by atoms with Crippen molar-refractivity contribution in [1.82, 2.24) is 0 Å². The van der Waals surface area contributed by atoms with Gasteiger partial charge in [0.1, 0.15) is 12.1 Å². The first kappa shape index (κ1) is 20.0. The molecule has 1 atom stereocenters. The fourth-order valence-electron chi connectivity index (χ4n) is 3.92. The Kier molecular flexibility index (Phi) is 7.54. The lowest BCUT2D eigenvalue weighted by molar-refractivity contribution is -0.883. The minimum atomic E-state index is -0.796. The van der Waals surface area contributed by atoms with Gasteiger partial charge in [0.2, 0.25) is 0 Å². The quantitative estimate of drug-likeness (QED) is 0.561. The molecule has 2 heteroatoms. The lowest BCUT2D eigenvalue weighted by Crippen LogP contribution is -2.40. The largest absolute Gasteiger partial charge is 0.384 e. The fraction of sp³-hybridized carbons (Fsp3) is 0.652. The molecule has 0 saturated heterocycles. The maximum absolute atomic E-state index is 11.6. The second-order valence-electron chi connectivity index (χ2n) is 8.33. The van der Waals surface area contributed by atoms with Crippen LogP contribution < -0.4 is 0 Å². The van der Waals surface area contributed by atoms with Crippen LogP contribution in [0, 0.1) is 17.8 Å². The smallest absolute Gasteiger partial charge is 0.140 e. The minimum absolute atomic E-state index is 0.334. The normalized spacial score (nSPS) is 18.2. The summed E-state index contributed by atoms with van der Waals surface area (Å²) in [6.45, 7) is 4.25. The van der Waals surface area contributed by atoms with E-state index in [9.17, 15) is 5.11 Å². The summed E-state index contributed by atoms with van der Waals surface area (Å²) < 4.78 is 0.939. The van der Waals surface area contributed by atoms with Crippen LogP contribution in [0.2, 0.25) is 0 Å². The molecule has 0 aliphatic heterocycles. The van der Waals surface area contributed by atoms with Gasteiger partial charge in [-0.05, 0) is 36.7 Å². The first-order valence-corrected chi connectivity index (χ1v) is 10.0. The van der Waals surface area contributed by atoms with Crippen molar-refractivity contribution >= 4 is 0 Å². The van der Waals surface area contributed by atoms with E-state index in [4.69, 9.17) is 0 Å². The first-order valence-electron chi connectivity index (χ1n) is 10.0. The van der Waals surface area contributed by atoms with Gasteiger partial charge in [0.15, 0.2) is 0 Å². The van der Waals surface area contributed by atoms with Crippen LogP contribution in [0.15, 0.2) is 30.3 Å². The number of benzene rings is 1. The minimum Gasteiger partial charge on any atom is -0.384 e. The van der Waals surface area contributed by atoms with Gasteiger partial charge in [-0.3, -0.25) is 0 Å². The van der Waals surface area contributed by atoms with Crippen LogP contribution >= 0.6 is 0 Å². The van der Waals surface area contributed by atoms with E-state index in [0.29, 0.717) is 12.3 Å². The molecule has 2 rings (SSSR count). The van der Waals surface area contributed by atoms with Gasteiger partial charge >= 0.3 is 0 Å². The van der Waals surface area contributed by atoms with E-state index in [1.165, 1.54) is 32.1 Å². The molecular weight excluding hydrogens is 306 g/mol. The predicted molar refractivity (Wildman–Crippen MR) is 106 cm³/mol. The number of rotatable bonds is 7. The molecular formula is C23H36NO+. The topological polar surface area (TPSA) is 20.2 Å². The van der Waals surface area contributed by atoms with Crippen molar-refractivity contribution in [1.29, 1.82) is 0 Å². The Morgan fingerprint density at radius 3 is 2.40 bits per heavy atom. The van der Waals surface area contributed by atoms with Crippen molar-refractivity contribution in [3.05, 3.63) is 35.9 Å². The molecule has 25 heavy (non-hydrogen) atoms. The predicted octanol–water partition coefficient (Wildman–Crippen LogP) is 4.72. The van der Waals surface area contributed by atoms with E-state index in [2.05, 4.69) is 45.0 Å². The van der Waals surface area contributed by atoms with Crippen LogP contribution in [0.25, 0.3) is 0 Å². The molecule has 0 radical (unpaired) electrons. The summed E-state index contributed by atoms with van der Waals surface area (Å²) in [7, 11) is 4.49. The summed E-state index contributed by atoms with van der Waals surface area (Å²) in [5.74, 6) is 7.03. The van der Waals surface area contributed by atoms with Crippen molar-refractivity contribution < 1.29 is 9.59 Å². The second kappa shape index (κ2) is 9.41. The zero-order valence-electron chi connectivity index (χ0n) is 16.4. The Morgan fingerprint density at radius 2 is 1.76 bits per heavy atom. The third-order valence-corrected chi connectivity index (χ3v) is 5.66. The van der Waals surface area contributed by atoms with Crippen molar-refractivity contribution in [3.63, 3.8) is 0 Å². The molecule has 0 unspecified atom stereocenters. The highest BCUT2D eigenvalue weighted by atomic mass is 16.3. The average molecular weight is 343 g/mol. The highest BCUT2D eigenvalue weighted by Crippen LogP contribution is 2.41. The number of aliphatic hydroxyl groups is 1. The summed E-state index contributed by atoms with van der Waals surface area (Å²) >= 11 is 0.